The number of aromatic nitrogens is 1. The molecule has 0 unspecified atom stereocenters. The number of carbonyl (C=O) groups is 1. The Morgan fingerprint density at radius 1 is 1.35 bits per heavy atom. The molecule has 17 heavy (non-hydrogen) atoms. The van der Waals surface area contributed by atoms with Crippen molar-refractivity contribution in [3.05, 3.63) is 40.7 Å². The van der Waals surface area contributed by atoms with E-state index < -0.39 is 5.97 Å². The van der Waals surface area contributed by atoms with E-state index in [1.54, 1.807) is 18.2 Å². The Morgan fingerprint density at radius 3 is 2.88 bits per heavy atom. The van der Waals surface area contributed by atoms with E-state index in [1.807, 2.05) is 12.1 Å². The molecule has 0 saturated heterocycles. The lowest BCUT2D eigenvalue weighted by atomic mass is 10.2. The number of rotatable bonds is 4. The third kappa shape index (κ3) is 2.63. The molecule has 1 heterocycles. The van der Waals surface area contributed by atoms with Crippen LogP contribution in [0.4, 0.5) is 5.82 Å². The zero-order valence-corrected chi connectivity index (χ0v) is 9.06. The number of aliphatic carboxylic acids is 1. The molecule has 0 spiro atoms. The normalized spacial score (nSPS) is 10.4. The first kappa shape index (κ1) is 11.2. The van der Waals surface area contributed by atoms with Crippen molar-refractivity contribution in [2.45, 2.75) is 6.42 Å². The number of hydrogen-bond donors (Lipinski definition) is 3. The van der Waals surface area contributed by atoms with Gasteiger partial charge in [0.1, 0.15) is 5.82 Å². The van der Waals surface area contributed by atoms with Crippen molar-refractivity contribution in [2.75, 3.05) is 11.9 Å². The van der Waals surface area contributed by atoms with Crippen molar-refractivity contribution in [3.63, 3.8) is 0 Å². The Bertz CT molecular complexity index is 604. The Hall–Kier alpha value is -2.30. The van der Waals surface area contributed by atoms with Crippen molar-refractivity contribution < 1.29 is 9.90 Å². The molecule has 0 atom stereocenters. The van der Waals surface area contributed by atoms with Gasteiger partial charge in [-0.3, -0.25) is 9.59 Å². The van der Waals surface area contributed by atoms with E-state index in [4.69, 9.17) is 5.11 Å². The molecule has 0 amide bonds. The van der Waals surface area contributed by atoms with E-state index in [1.165, 1.54) is 0 Å². The Balaban J connectivity index is 2.25. The maximum Gasteiger partial charge on any atom is 0.305 e. The summed E-state index contributed by atoms with van der Waals surface area (Å²) in [7, 11) is 0. The first-order valence-corrected chi connectivity index (χ1v) is 5.24. The lowest BCUT2D eigenvalue weighted by Crippen LogP contribution is -2.13. The highest BCUT2D eigenvalue weighted by Crippen LogP contribution is 2.12. The molecule has 5 heteroatoms. The third-order valence-electron chi connectivity index (χ3n) is 2.41. The smallest absolute Gasteiger partial charge is 0.305 e. The van der Waals surface area contributed by atoms with Crippen LogP contribution in [0.15, 0.2) is 35.1 Å². The quantitative estimate of drug-likeness (QED) is 0.744. The van der Waals surface area contributed by atoms with Crippen molar-refractivity contribution in [1.29, 1.82) is 0 Å². The predicted molar refractivity (Wildman–Crippen MR) is 65.3 cm³/mol. The fourth-order valence-electron chi connectivity index (χ4n) is 1.61. The molecule has 0 aliphatic rings. The van der Waals surface area contributed by atoms with Gasteiger partial charge in [0.25, 0.3) is 5.56 Å². The van der Waals surface area contributed by atoms with Crippen LogP contribution in [0.5, 0.6) is 0 Å². The van der Waals surface area contributed by atoms with Crippen LogP contribution < -0.4 is 10.9 Å². The summed E-state index contributed by atoms with van der Waals surface area (Å²) in [5.74, 6) is -0.337. The maximum absolute atomic E-state index is 11.7. The number of benzene rings is 1. The Morgan fingerprint density at radius 2 is 2.12 bits per heavy atom. The first-order valence-electron chi connectivity index (χ1n) is 5.24. The van der Waals surface area contributed by atoms with Crippen molar-refractivity contribution in [1.82, 2.24) is 4.98 Å². The predicted octanol–water partition coefficient (Wildman–Crippen LogP) is 1.41. The average Bonchev–Trinajstić information content (AvgIpc) is 2.28. The zero-order chi connectivity index (χ0) is 12.3. The molecule has 1 aromatic heterocycles. The van der Waals surface area contributed by atoms with Crippen LogP contribution in [0, 0.1) is 0 Å². The standard InChI is InChI=1S/C12H12N2O3/c15-11(16)5-6-13-10-7-8-3-1-2-4-9(8)12(17)14-10/h1-4,7H,5-6H2,(H,15,16)(H2,13,14,17). The summed E-state index contributed by atoms with van der Waals surface area (Å²) < 4.78 is 0. The molecular formula is C12H12N2O3. The van der Waals surface area contributed by atoms with E-state index in [0.29, 0.717) is 11.2 Å². The van der Waals surface area contributed by atoms with Crippen LogP contribution >= 0.6 is 0 Å². The second-order valence-electron chi connectivity index (χ2n) is 3.67. The number of fused-ring (bicyclic) bond motifs is 1. The number of aromatic amines is 1. The van der Waals surface area contributed by atoms with Crippen LogP contribution in [-0.4, -0.2) is 22.6 Å². The number of anilines is 1. The fraction of sp³-hybridized carbons (Fsp3) is 0.167. The Labute approximate surface area is 97.1 Å². The largest absolute Gasteiger partial charge is 0.481 e. The molecule has 5 nitrogen and oxygen atoms in total. The second-order valence-corrected chi connectivity index (χ2v) is 3.67. The topological polar surface area (TPSA) is 82.2 Å². The van der Waals surface area contributed by atoms with E-state index >= 15 is 0 Å². The van der Waals surface area contributed by atoms with Crippen LogP contribution in [0.2, 0.25) is 0 Å². The van der Waals surface area contributed by atoms with E-state index in [-0.39, 0.29) is 18.5 Å². The minimum atomic E-state index is -0.874. The number of pyridine rings is 1. The molecule has 2 rings (SSSR count). The van der Waals surface area contributed by atoms with Gasteiger partial charge in [-0.2, -0.15) is 0 Å². The van der Waals surface area contributed by atoms with Crippen molar-refractivity contribution in [3.8, 4) is 0 Å². The Kier molecular flexibility index (Phi) is 3.09. The summed E-state index contributed by atoms with van der Waals surface area (Å²) in [6.07, 6.45) is 0.00879. The molecule has 0 radical (unpaired) electrons. The third-order valence-corrected chi connectivity index (χ3v) is 2.41. The van der Waals surface area contributed by atoms with Gasteiger partial charge in [0.05, 0.1) is 6.42 Å². The summed E-state index contributed by atoms with van der Waals surface area (Å²) in [6, 6.07) is 9.03. The molecule has 1 aromatic carbocycles. The molecule has 0 bridgehead atoms. The fourth-order valence-corrected chi connectivity index (χ4v) is 1.61. The second kappa shape index (κ2) is 4.69. The summed E-state index contributed by atoms with van der Waals surface area (Å²) >= 11 is 0. The molecule has 88 valence electrons. The van der Waals surface area contributed by atoms with Gasteiger partial charge in [0, 0.05) is 11.9 Å². The van der Waals surface area contributed by atoms with Gasteiger partial charge in [-0.15, -0.1) is 0 Å². The highest BCUT2D eigenvalue weighted by atomic mass is 16.4. The summed E-state index contributed by atoms with van der Waals surface area (Å²) in [4.78, 5) is 24.7. The zero-order valence-electron chi connectivity index (χ0n) is 9.06. The molecule has 0 fully saturated rings. The van der Waals surface area contributed by atoms with E-state index in [0.717, 1.165) is 5.39 Å². The van der Waals surface area contributed by atoms with Crippen LogP contribution in [-0.2, 0) is 4.79 Å². The number of carboxylic acids is 1. The molecule has 0 saturated carbocycles. The van der Waals surface area contributed by atoms with Crippen molar-refractivity contribution >= 4 is 22.6 Å². The van der Waals surface area contributed by atoms with Crippen LogP contribution in [0.1, 0.15) is 6.42 Å². The molecule has 2 aromatic rings. The molecule has 0 aliphatic carbocycles. The van der Waals surface area contributed by atoms with Gasteiger partial charge in [-0.1, -0.05) is 18.2 Å². The van der Waals surface area contributed by atoms with Gasteiger partial charge < -0.3 is 15.4 Å². The molecule has 3 N–H and O–H groups in total. The summed E-state index contributed by atoms with van der Waals surface area (Å²) in [6.45, 7) is 0.281. The van der Waals surface area contributed by atoms with Crippen LogP contribution in [0.3, 0.4) is 0 Å². The minimum absolute atomic E-state index is 0.00879. The van der Waals surface area contributed by atoms with Crippen LogP contribution in [0.25, 0.3) is 10.8 Å². The van der Waals surface area contributed by atoms with Crippen molar-refractivity contribution in [2.24, 2.45) is 0 Å². The van der Waals surface area contributed by atoms with E-state index in [9.17, 15) is 9.59 Å². The van der Waals surface area contributed by atoms with E-state index in [2.05, 4.69) is 10.3 Å². The molecular weight excluding hydrogens is 220 g/mol. The monoisotopic (exact) mass is 232 g/mol. The van der Waals surface area contributed by atoms with Gasteiger partial charge in [-0.05, 0) is 17.5 Å². The summed E-state index contributed by atoms with van der Waals surface area (Å²) in [5.41, 5.74) is -0.180. The van der Waals surface area contributed by atoms with Gasteiger partial charge >= 0.3 is 5.97 Å². The first-order chi connectivity index (χ1) is 8.16. The van der Waals surface area contributed by atoms with Gasteiger partial charge in [-0.25, -0.2) is 0 Å². The lowest BCUT2D eigenvalue weighted by molar-refractivity contribution is -0.136. The summed E-state index contributed by atoms with van der Waals surface area (Å²) in [5, 5.41) is 12.8. The highest BCUT2D eigenvalue weighted by molar-refractivity contribution is 5.83. The number of H-pyrrole nitrogens is 1. The molecule has 0 aliphatic heterocycles. The minimum Gasteiger partial charge on any atom is -0.481 e. The SMILES string of the molecule is O=C(O)CCNc1cc2ccccc2c(=O)[nH]1. The highest BCUT2D eigenvalue weighted by Gasteiger charge is 2.01. The van der Waals surface area contributed by atoms with Gasteiger partial charge in [0.15, 0.2) is 0 Å². The number of hydrogen-bond acceptors (Lipinski definition) is 3. The van der Waals surface area contributed by atoms with Gasteiger partial charge in [0.2, 0.25) is 0 Å². The maximum atomic E-state index is 11.7. The average molecular weight is 232 g/mol. The number of nitrogens with one attached hydrogen (secondary N) is 2. The number of carboxylic acid groups (broad SMARTS) is 1. The lowest BCUT2D eigenvalue weighted by Gasteiger charge is -2.05.